The van der Waals surface area contributed by atoms with Crippen molar-refractivity contribution < 1.29 is 43.7 Å². The molecule has 0 atom stereocenters. The van der Waals surface area contributed by atoms with E-state index < -0.39 is 15.9 Å². The van der Waals surface area contributed by atoms with E-state index in [-0.39, 0.29) is 35.3 Å². The molecule has 0 aliphatic rings. The Labute approximate surface area is 77.5 Å². The Hall–Kier alpha value is 0.620. The van der Waals surface area contributed by atoms with Crippen LogP contribution in [0.15, 0.2) is 0 Å². The van der Waals surface area contributed by atoms with Gasteiger partial charge in [0, 0.05) is 5.75 Å². The first-order valence-electron chi connectivity index (χ1n) is 2.16. The van der Waals surface area contributed by atoms with Gasteiger partial charge in [-0.2, -0.15) is 0 Å². The Balaban J connectivity index is 0. The van der Waals surface area contributed by atoms with Gasteiger partial charge in [0.1, 0.15) is 0 Å². The molecular weight excluding hydrogens is 151 g/mol. The number of thiol groups is 1. The summed E-state index contributed by atoms with van der Waals surface area (Å²) in [5.74, 6) is -1.55. The van der Waals surface area contributed by atoms with Gasteiger partial charge in [-0.25, -0.2) is 0 Å². The smallest absolute Gasteiger partial charge is 0.549 e. The van der Waals surface area contributed by atoms with Gasteiger partial charge in [-0.3, -0.25) is 4.21 Å². The average molecular weight is 160 g/mol. The zero-order valence-electron chi connectivity index (χ0n) is 5.88. The van der Waals surface area contributed by atoms with Crippen molar-refractivity contribution in [2.75, 3.05) is 18.3 Å². The van der Waals surface area contributed by atoms with Crippen molar-refractivity contribution in [1.29, 1.82) is 0 Å². The molecule has 0 rings (SSSR count). The first-order chi connectivity index (χ1) is 3.42. The van der Waals surface area contributed by atoms with Gasteiger partial charge in [-0.05, 0) is 12.5 Å². The largest absolute Gasteiger partial charge is 1.00 e. The third kappa shape index (κ3) is 12.0. The number of carboxylic acid groups (broad SMARTS) is 1. The topological polar surface area (TPSA) is 57.2 Å². The Morgan fingerprint density at radius 2 is 1.89 bits per heavy atom. The van der Waals surface area contributed by atoms with Crippen molar-refractivity contribution in [2.24, 2.45) is 0 Å². The predicted octanol–water partition coefficient (Wildman–Crippen LogP) is -4.98. The Morgan fingerprint density at radius 3 is 1.89 bits per heavy atom. The molecule has 0 bridgehead atoms. The van der Waals surface area contributed by atoms with Crippen LogP contribution in [-0.2, 0) is 14.7 Å². The molecule has 0 aromatic heterocycles. The van der Waals surface area contributed by atoms with E-state index in [1.807, 2.05) is 0 Å². The number of hydrogen-bond acceptors (Lipinski definition) is 3. The monoisotopic (exact) mass is 160 g/mol. The summed E-state index contributed by atoms with van der Waals surface area (Å²) in [6.45, 7) is 0. The summed E-state index contributed by atoms with van der Waals surface area (Å²) in [6, 6.07) is 0. The molecule has 5 heteroatoms. The maximum atomic E-state index is 10.6. The molecule has 0 saturated heterocycles. The zero-order valence-corrected chi connectivity index (χ0v) is 8.77. The maximum Gasteiger partial charge on any atom is 1.00 e. The van der Waals surface area contributed by atoms with Crippen molar-refractivity contribution >= 4 is 15.9 Å². The van der Waals surface area contributed by atoms with E-state index in [1.165, 1.54) is 12.5 Å². The van der Waals surface area contributed by atoms with E-state index in [4.69, 9.17) is 0 Å². The second-order valence-corrected chi connectivity index (χ2v) is 5.57. The normalized spacial score (nSPS) is 11.8. The number of carboxylic acids is 1. The van der Waals surface area contributed by atoms with Gasteiger partial charge >= 0.3 is 29.6 Å². The number of hydrogen-bond donors (Lipinski definition) is 1. The van der Waals surface area contributed by atoms with Crippen LogP contribution in [0.2, 0.25) is 0 Å². The van der Waals surface area contributed by atoms with E-state index in [0.717, 1.165) is 0 Å². The summed E-state index contributed by atoms with van der Waals surface area (Å²) in [5.41, 5.74) is 0. The summed E-state index contributed by atoms with van der Waals surface area (Å²) in [5, 5.41) is 9.73. The molecule has 0 aliphatic carbocycles. The predicted molar refractivity (Wildman–Crippen MR) is 31.3 cm³/mol. The van der Waals surface area contributed by atoms with Crippen LogP contribution in [0, 0.1) is 0 Å². The van der Waals surface area contributed by atoms with Crippen LogP contribution in [0.1, 0.15) is 0 Å². The van der Waals surface area contributed by atoms with Crippen LogP contribution in [-0.4, -0.2) is 28.4 Å². The first kappa shape index (κ1) is 12.3. The standard InChI is InChI=1S/C4H10O3S.Na/c1-8(2,7)3-4(5)6;/h8H,3H2,1-2H3,(H,5,6);/q;+1/p-1. The second-order valence-electron chi connectivity index (χ2n) is 2.10. The fourth-order valence-corrected chi connectivity index (χ4v) is 0.933. The van der Waals surface area contributed by atoms with E-state index in [2.05, 4.69) is 0 Å². The van der Waals surface area contributed by atoms with Crippen molar-refractivity contribution in [1.82, 2.24) is 0 Å². The van der Waals surface area contributed by atoms with Crippen LogP contribution in [0.4, 0.5) is 0 Å². The van der Waals surface area contributed by atoms with Gasteiger partial charge in [0.15, 0.2) is 0 Å². The van der Waals surface area contributed by atoms with Crippen LogP contribution < -0.4 is 34.7 Å². The van der Waals surface area contributed by atoms with E-state index in [1.54, 1.807) is 0 Å². The third-order valence-electron chi connectivity index (χ3n) is 0.510. The Kier molecular flexibility index (Phi) is 6.07. The quantitative estimate of drug-likeness (QED) is 0.325. The summed E-state index contributed by atoms with van der Waals surface area (Å²) < 4.78 is 10.6. The van der Waals surface area contributed by atoms with Gasteiger partial charge in [0.05, 0.1) is 5.97 Å². The minimum atomic E-state index is -2.38. The van der Waals surface area contributed by atoms with E-state index >= 15 is 0 Å². The van der Waals surface area contributed by atoms with Gasteiger partial charge in [-0.1, -0.05) is 0 Å². The first-order valence-corrected chi connectivity index (χ1v) is 4.94. The maximum absolute atomic E-state index is 10.6. The molecule has 0 N–H and O–H groups in total. The fraction of sp³-hybridized carbons (Fsp3) is 0.750. The third-order valence-corrected chi connectivity index (χ3v) is 1.53. The fourth-order valence-electron chi connectivity index (χ4n) is 0.311. The molecule has 50 valence electrons. The van der Waals surface area contributed by atoms with Crippen molar-refractivity contribution in [3.63, 3.8) is 0 Å². The van der Waals surface area contributed by atoms with Crippen LogP contribution >= 0.6 is 0 Å². The average Bonchev–Trinajstić information content (AvgIpc) is 1.21. The molecule has 0 fully saturated rings. The minimum absolute atomic E-state index is 0. The molecule has 0 radical (unpaired) electrons. The molecule has 0 aromatic rings. The Bertz CT molecular complexity index is 139. The van der Waals surface area contributed by atoms with Gasteiger partial charge in [0.2, 0.25) is 0 Å². The molecular formula is C4H9NaO3S. The van der Waals surface area contributed by atoms with Gasteiger partial charge < -0.3 is 9.90 Å². The number of carbonyl (C=O) groups is 1. The number of aliphatic carboxylic acids is 1. The Morgan fingerprint density at radius 1 is 1.56 bits per heavy atom. The van der Waals surface area contributed by atoms with Crippen molar-refractivity contribution in [3.8, 4) is 0 Å². The number of rotatable bonds is 2. The molecule has 0 unspecified atom stereocenters. The SMILES string of the molecule is C[SH](C)(=O)CC(=O)[O-].[Na+]. The van der Waals surface area contributed by atoms with Crippen LogP contribution in [0.25, 0.3) is 0 Å². The molecule has 9 heavy (non-hydrogen) atoms. The summed E-state index contributed by atoms with van der Waals surface area (Å²) in [7, 11) is -2.38. The number of carbonyl (C=O) groups excluding carboxylic acids is 1. The van der Waals surface area contributed by atoms with Crippen molar-refractivity contribution in [2.45, 2.75) is 0 Å². The molecule has 3 nitrogen and oxygen atoms in total. The van der Waals surface area contributed by atoms with Crippen LogP contribution in [0.3, 0.4) is 0 Å². The molecule has 0 aromatic carbocycles. The van der Waals surface area contributed by atoms with Gasteiger partial charge in [-0.15, -0.1) is 9.93 Å². The van der Waals surface area contributed by atoms with Crippen molar-refractivity contribution in [3.05, 3.63) is 0 Å². The van der Waals surface area contributed by atoms with Crippen LogP contribution in [0.5, 0.6) is 0 Å². The summed E-state index contributed by atoms with van der Waals surface area (Å²) in [6.07, 6.45) is 2.84. The van der Waals surface area contributed by atoms with E-state index in [0.29, 0.717) is 0 Å². The minimum Gasteiger partial charge on any atom is -0.549 e. The molecule has 0 aliphatic heterocycles. The zero-order chi connectivity index (χ0) is 6.78. The van der Waals surface area contributed by atoms with Gasteiger partial charge in [0.25, 0.3) is 0 Å². The summed E-state index contributed by atoms with van der Waals surface area (Å²) >= 11 is 0. The molecule has 0 heterocycles. The molecule has 0 saturated carbocycles. The second kappa shape index (κ2) is 4.44. The molecule has 0 spiro atoms. The summed E-state index contributed by atoms with van der Waals surface area (Å²) in [4.78, 5) is 9.73. The molecule has 0 amide bonds. The van der Waals surface area contributed by atoms with E-state index in [9.17, 15) is 14.1 Å².